The fraction of sp³-hybridized carbons (Fsp3) is 0.358. The standard InChI is InChI=1S/C21H23ClFNO5.C15H16F3N5O4S.C14H10F4N4O7S.C3H8NO5P/c1-2-3-6-9-28-19(25)12-29-18-11-17(16(23)10-15(18)22)24-20(26)13-7-4-5-8-14(13)21(24)27;1-9-19-12(22-14(20-9)27-2)21-13(24)23-28(25,26)11-6-4-3-5-10(11)7-8-15(16,17)18;15-11(16)28-8-5-9(29-12(17)18)20-13(19-8)21-14(25)22-30(26,27)7-4-2-1-3-6(7)10(23)24;5-3(6)1-4-2-10(7,8)9/h10-11H,2-9,12H2,1H3;3-6H,7-8H2,1-2H3,(H2,19,20,21,22,23,24);1-5,11-12H,(H,23,24)(H2,19,20,21,22,25);4H,1-2H2,(H,5,6)(H2,7,8,9). The predicted molar refractivity (Wildman–Crippen MR) is 317 cm³/mol. The molecule has 2 aromatic heterocycles. The van der Waals surface area contributed by atoms with Gasteiger partial charge >= 0.3 is 63.0 Å². The number of carboxylic acids is 2. The van der Waals surface area contributed by atoms with Gasteiger partial charge in [-0.2, -0.15) is 55.7 Å². The first-order valence-electron chi connectivity index (χ1n) is 27.4. The van der Waals surface area contributed by atoms with Crippen LogP contribution in [0, 0.1) is 12.7 Å². The lowest BCUT2D eigenvalue weighted by Gasteiger charge is -2.18. The number of alkyl halides is 7. The first kappa shape index (κ1) is 80.0. The zero-order chi connectivity index (χ0) is 72.6. The number of methoxy groups -OCH3 is 1. The summed E-state index contributed by atoms with van der Waals surface area (Å²) >= 11 is 6.02. The van der Waals surface area contributed by atoms with Gasteiger partial charge in [0.05, 0.1) is 53.8 Å². The van der Waals surface area contributed by atoms with Crippen LogP contribution in [-0.2, 0) is 54.9 Å². The summed E-state index contributed by atoms with van der Waals surface area (Å²) in [6, 6.07) is 9.18. The van der Waals surface area contributed by atoms with Crippen LogP contribution >= 0.6 is 19.2 Å². The summed E-state index contributed by atoms with van der Waals surface area (Å²) in [5.41, 5.74) is -0.0423. The van der Waals surface area contributed by atoms with Crippen LogP contribution in [0.15, 0.2) is 87.7 Å². The number of aromatic nitrogens is 5. The number of imide groups is 1. The van der Waals surface area contributed by atoms with E-state index in [1.165, 1.54) is 55.2 Å². The summed E-state index contributed by atoms with van der Waals surface area (Å²) in [6.45, 7) is -3.82. The van der Waals surface area contributed by atoms with Gasteiger partial charge in [0.25, 0.3) is 31.9 Å². The molecule has 0 spiro atoms. The Bertz CT molecular complexity index is 3940. The van der Waals surface area contributed by atoms with E-state index >= 15 is 0 Å². The molecule has 530 valence electrons. The molecule has 0 fully saturated rings. The third-order valence-electron chi connectivity index (χ3n) is 11.8. The van der Waals surface area contributed by atoms with Gasteiger partial charge in [-0.15, -0.1) is 0 Å². The summed E-state index contributed by atoms with van der Waals surface area (Å²) in [5, 5.41) is 22.8. The number of carbonyl (C=O) groups is 7. The topological polar surface area (TPSA) is 460 Å². The zero-order valence-electron chi connectivity index (χ0n) is 50.3. The highest BCUT2D eigenvalue weighted by molar-refractivity contribution is 7.90. The number of aliphatic carboxylic acids is 1. The van der Waals surface area contributed by atoms with Gasteiger partial charge < -0.3 is 43.7 Å². The Morgan fingerprint density at radius 3 is 1.81 bits per heavy atom. The summed E-state index contributed by atoms with van der Waals surface area (Å²) in [7, 11) is -12.0. The maximum atomic E-state index is 14.5. The maximum Gasteiger partial charge on any atom is 0.389 e. The molecule has 0 atom stereocenters. The minimum atomic E-state index is -4.71. The molecular formula is C53H57ClF8N11O21PS2. The van der Waals surface area contributed by atoms with Crippen molar-refractivity contribution in [1.82, 2.24) is 39.7 Å². The lowest BCUT2D eigenvalue weighted by molar-refractivity contribution is -0.146. The molecular weight excluding hydrogens is 1410 g/mol. The van der Waals surface area contributed by atoms with E-state index in [1.54, 1.807) is 10.0 Å². The Kier molecular flexibility index (Phi) is 30.2. The van der Waals surface area contributed by atoms with Crippen LogP contribution in [0.1, 0.15) is 80.0 Å². The fourth-order valence-electron chi connectivity index (χ4n) is 7.89. The van der Waals surface area contributed by atoms with Gasteiger partial charge in [-0.1, -0.05) is 61.7 Å². The number of carbonyl (C=O) groups excluding carboxylic acids is 5. The zero-order valence-corrected chi connectivity index (χ0v) is 53.6. The monoisotopic (exact) mass is 1470 g/mol. The Balaban J connectivity index is 0.000000288. The number of sulfonamides is 2. The molecule has 2 aliphatic rings. The van der Waals surface area contributed by atoms with Crippen LogP contribution in [0.2, 0.25) is 5.02 Å². The molecule has 1 aliphatic carbocycles. The number of rotatable bonds is 26. The number of hydrogen-bond donors (Lipinski definition) is 9. The van der Waals surface area contributed by atoms with Crippen molar-refractivity contribution in [2.24, 2.45) is 0 Å². The van der Waals surface area contributed by atoms with Crippen molar-refractivity contribution in [3.05, 3.63) is 106 Å². The number of anilines is 3. The summed E-state index contributed by atoms with van der Waals surface area (Å²) < 4.78 is 187. The predicted octanol–water partition coefficient (Wildman–Crippen LogP) is 7.21. The third-order valence-corrected chi connectivity index (χ3v) is 15.6. The molecule has 5 aromatic rings. The van der Waals surface area contributed by atoms with Gasteiger partial charge in [0, 0.05) is 23.6 Å². The normalized spacial score (nSPS) is 12.9. The number of nitrogens with zero attached hydrogens (tertiary/aromatic N) is 6. The fourth-order valence-corrected chi connectivity index (χ4v) is 10.8. The number of urea groups is 2. The number of hydrogen-bond acceptors (Lipinski definition) is 23. The number of ether oxygens (including phenoxy) is 5. The summed E-state index contributed by atoms with van der Waals surface area (Å²) in [4.78, 5) is 116. The van der Waals surface area contributed by atoms with E-state index in [0.29, 0.717) is 36.7 Å². The van der Waals surface area contributed by atoms with E-state index in [4.69, 9.17) is 45.8 Å². The molecule has 1 aliphatic heterocycles. The molecule has 3 aromatic carbocycles. The minimum absolute atomic E-state index is 0.000883. The number of halogens is 9. The van der Waals surface area contributed by atoms with Crippen LogP contribution in [0.25, 0.3) is 0 Å². The molecule has 9 N–H and O–H groups in total. The van der Waals surface area contributed by atoms with Gasteiger partial charge in [0.15, 0.2) is 6.61 Å². The number of benzene rings is 3. The molecule has 44 heteroatoms. The first-order chi connectivity index (χ1) is 45.3. The van der Waals surface area contributed by atoms with Crippen molar-refractivity contribution in [3.63, 3.8) is 0 Å². The van der Waals surface area contributed by atoms with Crippen molar-refractivity contribution in [2.45, 2.75) is 101 Å². The molecule has 0 unspecified atom stereocenters. The van der Waals surface area contributed by atoms with E-state index in [-0.39, 0.29) is 39.8 Å². The average molecular weight is 1470 g/mol. The molecule has 0 radical (unpaired) electrons. The molecule has 7 rings (SSSR count). The van der Waals surface area contributed by atoms with Gasteiger partial charge in [0.2, 0.25) is 23.7 Å². The lowest BCUT2D eigenvalue weighted by atomic mass is 9.93. The number of unbranched alkanes of at least 4 members (excludes halogenated alkanes) is 2. The van der Waals surface area contributed by atoms with E-state index in [0.717, 1.165) is 61.3 Å². The quantitative estimate of drug-likeness (QED) is 0.00867. The molecule has 97 heavy (non-hydrogen) atoms. The second-order valence-corrected chi connectivity index (χ2v) is 24.5. The van der Waals surface area contributed by atoms with Gasteiger partial charge in [0.1, 0.15) is 22.3 Å². The average Bonchev–Trinajstić information content (AvgIpc) is 1.62. The molecule has 32 nitrogen and oxygen atoms in total. The van der Waals surface area contributed by atoms with Crippen molar-refractivity contribution in [1.29, 1.82) is 0 Å². The van der Waals surface area contributed by atoms with Crippen molar-refractivity contribution >= 4 is 98.6 Å². The highest BCUT2D eigenvalue weighted by Gasteiger charge is 2.41. The van der Waals surface area contributed by atoms with Crippen LogP contribution in [0.5, 0.6) is 23.5 Å². The van der Waals surface area contributed by atoms with Crippen molar-refractivity contribution in [3.8, 4) is 23.5 Å². The summed E-state index contributed by atoms with van der Waals surface area (Å²) in [5.74, 6) is -8.06. The number of aromatic carboxylic acids is 1. The second-order valence-electron chi connectivity index (χ2n) is 19.2. The molecule has 0 bridgehead atoms. The maximum absolute atomic E-state index is 14.5. The highest BCUT2D eigenvalue weighted by Crippen LogP contribution is 2.40. The lowest BCUT2D eigenvalue weighted by Crippen LogP contribution is -2.35. The first-order valence-corrected chi connectivity index (χ1v) is 32.5. The smallest absolute Gasteiger partial charge is 0.389 e. The van der Waals surface area contributed by atoms with Crippen LogP contribution < -0.4 is 49.2 Å². The van der Waals surface area contributed by atoms with E-state index < -0.39 is 160 Å². The SMILES string of the molecule is CCCCCOC(=O)COc1cc(N2C(=O)C3=C(CCCC3)C2=O)c(F)cc1Cl.COc1nc(C)nc(NC(=O)NS(=O)(=O)c2ccccc2CCC(F)(F)F)n1.O=C(Nc1nc(OC(F)F)cc(OC(F)F)n1)NS(=O)(=O)c1ccccc1C(=O)O.O=C(O)CNCP(=O)(O)O. The Hall–Kier alpha value is -9.48. The molecule has 6 amide bonds. The third kappa shape index (κ3) is 26.9. The van der Waals surface area contributed by atoms with Crippen LogP contribution in [0.3, 0.4) is 0 Å². The number of carboxylic acid groups (broad SMARTS) is 2. The van der Waals surface area contributed by atoms with Gasteiger partial charge in [-0.25, -0.2) is 54.7 Å². The number of esters is 1. The number of aryl methyl sites for hydroxylation is 2. The Labute approximate surface area is 548 Å². The molecule has 0 saturated heterocycles. The van der Waals surface area contributed by atoms with Crippen molar-refractivity contribution < 1.29 is 134 Å². The van der Waals surface area contributed by atoms with Crippen LogP contribution in [-0.4, -0.2) is 156 Å². The molecule has 3 heterocycles. The second kappa shape index (κ2) is 36.6. The number of nitrogens with one attached hydrogen (secondary N) is 5. The number of amides is 6. The minimum Gasteiger partial charge on any atom is -0.480 e. The van der Waals surface area contributed by atoms with Gasteiger partial charge in [-0.05, 0) is 75.3 Å². The van der Waals surface area contributed by atoms with E-state index in [2.05, 4.69) is 45.0 Å². The van der Waals surface area contributed by atoms with Gasteiger partial charge in [-0.3, -0.25) is 34.9 Å². The largest absolute Gasteiger partial charge is 0.480 e. The highest BCUT2D eigenvalue weighted by atomic mass is 35.5. The molecule has 0 saturated carbocycles. The Morgan fingerprint density at radius 1 is 0.763 bits per heavy atom. The van der Waals surface area contributed by atoms with E-state index in [9.17, 15) is 90.1 Å². The van der Waals surface area contributed by atoms with Crippen molar-refractivity contribution in [2.75, 3.05) is 48.7 Å². The van der Waals surface area contributed by atoms with E-state index in [1.807, 2.05) is 6.92 Å². The Morgan fingerprint density at radius 2 is 1.30 bits per heavy atom. The summed E-state index contributed by atoms with van der Waals surface area (Å²) in [6.07, 6.45) is -1.39. The van der Waals surface area contributed by atoms with Crippen LogP contribution in [0.4, 0.5) is 62.3 Å².